The van der Waals surface area contributed by atoms with Gasteiger partial charge < -0.3 is 16.0 Å². The Labute approximate surface area is 218 Å². The van der Waals surface area contributed by atoms with Crippen LogP contribution in [0, 0.1) is 0 Å². The van der Waals surface area contributed by atoms with Crippen molar-refractivity contribution in [3.8, 4) is 16.9 Å². The molecular formula is C27H23ClN8O. The zero-order valence-electron chi connectivity index (χ0n) is 19.6. The number of halogens is 1. The van der Waals surface area contributed by atoms with Gasteiger partial charge in [0.1, 0.15) is 12.2 Å². The smallest absolute Gasteiger partial charge is 0.244 e. The van der Waals surface area contributed by atoms with Gasteiger partial charge in [-0.1, -0.05) is 54.1 Å². The van der Waals surface area contributed by atoms with Crippen LogP contribution in [0.3, 0.4) is 0 Å². The highest BCUT2D eigenvalue weighted by atomic mass is 35.5. The van der Waals surface area contributed by atoms with E-state index in [-0.39, 0.29) is 11.9 Å². The topological polar surface area (TPSA) is 127 Å². The van der Waals surface area contributed by atoms with E-state index in [9.17, 15) is 4.79 Å². The molecule has 37 heavy (non-hydrogen) atoms. The lowest BCUT2D eigenvalue weighted by Crippen LogP contribution is -2.29. The Kier molecular flexibility index (Phi) is 7.05. The number of nitrogens with zero attached hydrogens (tertiary/aromatic N) is 5. The Morgan fingerprint density at radius 3 is 2.68 bits per heavy atom. The summed E-state index contributed by atoms with van der Waals surface area (Å²) in [6, 6.07) is 22.3. The lowest BCUT2D eigenvalue weighted by molar-refractivity contribution is -0.117. The molecule has 1 amide bonds. The minimum absolute atomic E-state index is 0.283. The fourth-order valence-corrected chi connectivity index (χ4v) is 4.09. The number of H-pyrrole nitrogens is 1. The highest BCUT2D eigenvalue weighted by Crippen LogP contribution is 2.23. The molecule has 0 saturated heterocycles. The van der Waals surface area contributed by atoms with Gasteiger partial charge in [0.2, 0.25) is 5.91 Å². The molecule has 0 fully saturated rings. The van der Waals surface area contributed by atoms with Crippen molar-refractivity contribution < 1.29 is 4.79 Å². The molecule has 0 bridgehead atoms. The molecule has 0 radical (unpaired) electrons. The summed E-state index contributed by atoms with van der Waals surface area (Å²) in [6.45, 7) is 0. The van der Waals surface area contributed by atoms with Gasteiger partial charge in [0.05, 0.1) is 23.6 Å². The maximum absolute atomic E-state index is 13.1. The number of rotatable bonds is 8. The summed E-state index contributed by atoms with van der Waals surface area (Å²) in [5, 5.41) is 14.9. The number of imidazole rings is 1. The summed E-state index contributed by atoms with van der Waals surface area (Å²) in [4.78, 5) is 21.0. The molecule has 9 nitrogen and oxygen atoms in total. The molecular weight excluding hydrogens is 488 g/mol. The molecule has 2 aromatic heterocycles. The standard InChI is InChI=1S/C27H23ClN8O/c28-21-9-12-25(36-17-31-34-35-36)20(15-21)8-13-26(37)32-23(14-18-4-2-1-3-5-18)27-30-16-24(33-27)19-6-10-22(29)11-7-19/h1-13,15-17,23H,14,29H2,(H,30,33)(H,32,37)/b13-8+/t23-/m0/s1. The first-order chi connectivity index (χ1) is 18.0. The van der Waals surface area contributed by atoms with E-state index in [0.717, 1.165) is 16.8 Å². The minimum Gasteiger partial charge on any atom is -0.399 e. The van der Waals surface area contributed by atoms with Crippen molar-refractivity contribution in [3.63, 3.8) is 0 Å². The van der Waals surface area contributed by atoms with Gasteiger partial charge >= 0.3 is 0 Å². The average Bonchev–Trinajstić information content (AvgIpc) is 3.61. The van der Waals surface area contributed by atoms with E-state index in [4.69, 9.17) is 17.3 Å². The second-order valence-corrected chi connectivity index (χ2v) is 8.78. The van der Waals surface area contributed by atoms with Crippen LogP contribution in [0.15, 0.2) is 91.4 Å². The van der Waals surface area contributed by atoms with Crippen LogP contribution in [0.4, 0.5) is 5.69 Å². The molecule has 0 aliphatic rings. The van der Waals surface area contributed by atoms with Crippen molar-refractivity contribution in [2.24, 2.45) is 0 Å². The summed E-state index contributed by atoms with van der Waals surface area (Å²) >= 11 is 6.19. The average molecular weight is 511 g/mol. The number of carbonyl (C=O) groups is 1. The van der Waals surface area contributed by atoms with Crippen LogP contribution in [0.1, 0.15) is 23.0 Å². The van der Waals surface area contributed by atoms with E-state index in [2.05, 4.69) is 30.8 Å². The van der Waals surface area contributed by atoms with Crippen LogP contribution in [0.5, 0.6) is 0 Å². The first-order valence-electron chi connectivity index (χ1n) is 11.5. The normalized spacial score (nSPS) is 12.0. The summed E-state index contributed by atoms with van der Waals surface area (Å²) in [6.07, 6.45) is 6.93. The van der Waals surface area contributed by atoms with Crippen LogP contribution < -0.4 is 11.1 Å². The SMILES string of the molecule is Nc1ccc(-c2cnc([C@H](Cc3ccccc3)NC(=O)/C=C/c3cc(Cl)ccc3-n3cnnn3)[nH]2)cc1. The van der Waals surface area contributed by atoms with E-state index in [1.807, 2.05) is 54.6 Å². The minimum atomic E-state index is -0.388. The van der Waals surface area contributed by atoms with E-state index in [1.54, 1.807) is 30.5 Å². The Hall–Kier alpha value is -4.76. The van der Waals surface area contributed by atoms with Crippen molar-refractivity contribution in [1.82, 2.24) is 35.5 Å². The number of hydrogen-bond acceptors (Lipinski definition) is 6. The molecule has 184 valence electrons. The van der Waals surface area contributed by atoms with Gasteiger partial charge in [0.25, 0.3) is 0 Å². The third-order valence-corrected chi connectivity index (χ3v) is 5.98. The highest BCUT2D eigenvalue weighted by molar-refractivity contribution is 6.30. The largest absolute Gasteiger partial charge is 0.399 e. The number of anilines is 1. The van der Waals surface area contributed by atoms with Gasteiger partial charge in [-0.15, -0.1) is 5.10 Å². The fraction of sp³-hybridized carbons (Fsp3) is 0.0741. The number of hydrogen-bond donors (Lipinski definition) is 3. The fourth-order valence-electron chi connectivity index (χ4n) is 3.91. The van der Waals surface area contributed by atoms with Gasteiger partial charge in [0, 0.05) is 22.3 Å². The van der Waals surface area contributed by atoms with Gasteiger partial charge in [-0.05, 0) is 64.4 Å². The van der Waals surface area contributed by atoms with Crippen LogP contribution in [-0.2, 0) is 11.2 Å². The Morgan fingerprint density at radius 1 is 1.11 bits per heavy atom. The lowest BCUT2D eigenvalue weighted by Gasteiger charge is -2.16. The summed E-state index contributed by atoms with van der Waals surface area (Å²) in [5.74, 6) is 0.364. The predicted molar refractivity (Wildman–Crippen MR) is 143 cm³/mol. The molecule has 0 unspecified atom stereocenters. The number of nitrogens with two attached hydrogens (primary N) is 1. The first kappa shape index (κ1) is 24.0. The molecule has 0 aliphatic heterocycles. The van der Waals surface area contributed by atoms with E-state index in [0.29, 0.717) is 34.2 Å². The number of aromatic nitrogens is 6. The van der Waals surface area contributed by atoms with Crippen molar-refractivity contribution >= 4 is 29.3 Å². The number of nitrogen functional groups attached to an aromatic ring is 1. The monoisotopic (exact) mass is 510 g/mol. The Bertz CT molecular complexity index is 1510. The molecule has 0 spiro atoms. The molecule has 2 heterocycles. The Balaban J connectivity index is 1.39. The third kappa shape index (κ3) is 5.91. The quantitative estimate of drug-likeness (QED) is 0.210. The van der Waals surface area contributed by atoms with Crippen molar-refractivity contribution in [2.75, 3.05) is 5.73 Å². The summed E-state index contributed by atoms with van der Waals surface area (Å²) in [7, 11) is 0. The molecule has 3 aromatic carbocycles. The molecule has 0 aliphatic carbocycles. The van der Waals surface area contributed by atoms with Crippen LogP contribution in [-0.4, -0.2) is 36.1 Å². The number of nitrogens with one attached hydrogen (secondary N) is 2. The summed E-state index contributed by atoms with van der Waals surface area (Å²) in [5.41, 5.74) is 10.7. The second-order valence-electron chi connectivity index (χ2n) is 8.35. The number of tetrazole rings is 1. The van der Waals surface area contributed by atoms with Crippen molar-refractivity contribution in [1.29, 1.82) is 0 Å². The lowest BCUT2D eigenvalue weighted by atomic mass is 10.1. The van der Waals surface area contributed by atoms with E-state index >= 15 is 0 Å². The van der Waals surface area contributed by atoms with Crippen LogP contribution in [0.25, 0.3) is 23.0 Å². The van der Waals surface area contributed by atoms with E-state index in [1.165, 1.54) is 17.1 Å². The second kappa shape index (κ2) is 10.9. The first-order valence-corrected chi connectivity index (χ1v) is 11.9. The van der Waals surface area contributed by atoms with Crippen molar-refractivity contribution in [3.05, 3.63) is 113 Å². The van der Waals surface area contributed by atoms with Gasteiger partial charge in [-0.25, -0.2) is 4.98 Å². The maximum Gasteiger partial charge on any atom is 0.244 e. The molecule has 5 rings (SSSR count). The van der Waals surface area contributed by atoms with Crippen molar-refractivity contribution in [2.45, 2.75) is 12.5 Å². The number of benzene rings is 3. The van der Waals surface area contributed by atoms with Gasteiger partial charge in [-0.3, -0.25) is 4.79 Å². The number of carbonyl (C=O) groups excluding carboxylic acids is 1. The molecule has 0 saturated carbocycles. The third-order valence-electron chi connectivity index (χ3n) is 5.75. The zero-order valence-corrected chi connectivity index (χ0v) is 20.4. The highest BCUT2D eigenvalue weighted by Gasteiger charge is 2.18. The molecule has 5 aromatic rings. The molecule has 1 atom stereocenters. The van der Waals surface area contributed by atoms with Gasteiger partial charge in [0.15, 0.2) is 0 Å². The molecule has 10 heteroatoms. The number of amides is 1. The maximum atomic E-state index is 13.1. The van der Waals surface area contributed by atoms with Crippen LogP contribution in [0.2, 0.25) is 5.02 Å². The molecule has 4 N–H and O–H groups in total. The zero-order chi connectivity index (χ0) is 25.6. The van der Waals surface area contributed by atoms with Gasteiger partial charge in [-0.2, -0.15) is 4.68 Å². The summed E-state index contributed by atoms with van der Waals surface area (Å²) < 4.78 is 1.51. The Morgan fingerprint density at radius 2 is 1.92 bits per heavy atom. The predicted octanol–water partition coefficient (Wildman–Crippen LogP) is 4.40. The van der Waals surface area contributed by atoms with Crippen LogP contribution >= 0.6 is 11.6 Å². The number of aromatic amines is 1. The van der Waals surface area contributed by atoms with E-state index < -0.39 is 0 Å².